The molecule has 0 amide bonds. The van der Waals surface area contributed by atoms with Crippen LogP contribution in [0, 0.1) is 0 Å². The van der Waals surface area contributed by atoms with E-state index in [2.05, 4.69) is 23.1 Å². The standard InChI is InChI=1S/C19H19ClN2OS/c1-23-16-5-2-13(3-6-16)19-10-14(8-9-22(19)12-24)17-11-15(20)4-7-18(17)21/h2-7,10-12,19H,8-9,21H2,1H3. The first-order valence-corrected chi connectivity index (χ1v) is 8.58. The lowest BCUT2D eigenvalue weighted by Gasteiger charge is -2.33. The van der Waals surface area contributed by atoms with Gasteiger partial charge in [0.1, 0.15) is 5.75 Å². The molecule has 2 aromatic rings. The van der Waals surface area contributed by atoms with Crippen LogP contribution in [0.15, 0.2) is 48.5 Å². The maximum atomic E-state index is 6.15. The van der Waals surface area contributed by atoms with Crippen molar-refractivity contribution in [2.45, 2.75) is 12.5 Å². The third-order valence-electron chi connectivity index (χ3n) is 4.31. The van der Waals surface area contributed by atoms with Gasteiger partial charge >= 0.3 is 0 Å². The SMILES string of the molecule is COc1ccc(C2C=C(c3cc(Cl)ccc3N)CCN2C=S)cc1. The first-order valence-electron chi connectivity index (χ1n) is 7.73. The summed E-state index contributed by atoms with van der Waals surface area (Å²) >= 11 is 11.3. The second-order valence-electron chi connectivity index (χ2n) is 5.73. The topological polar surface area (TPSA) is 38.5 Å². The number of anilines is 1. The number of nitrogen functional groups attached to an aromatic ring is 1. The second-order valence-corrected chi connectivity index (χ2v) is 6.38. The number of nitrogens with zero attached hydrogens (tertiary/aromatic N) is 1. The summed E-state index contributed by atoms with van der Waals surface area (Å²) in [5.41, 5.74) is 12.0. The van der Waals surface area contributed by atoms with Crippen molar-refractivity contribution in [3.8, 4) is 5.75 Å². The first kappa shape index (κ1) is 16.8. The van der Waals surface area contributed by atoms with Gasteiger partial charge in [0, 0.05) is 22.8 Å². The number of rotatable bonds is 4. The molecule has 1 aliphatic heterocycles. The molecule has 1 heterocycles. The van der Waals surface area contributed by atoms with Crippen LogP contribution in [0.2, 0.25) is 5.02 Å². The van der Waals surface area contributed by atoms with Crippen LogP contribution in [-0.4, -0.2) is 24.0 Å². The van der Waals surface area contributed by atoms with E-state index in [-0.39, 0.29) is 6.04 Å². The Balaban J connectivity index is 2.01. The van der Waals surface area contributed by atoms with E-state index in [1.165, 1.54) is 5.57 Å². The largest absolute Gasteiger partial charge is 0.497 e. The third-order valence-corrected chi connectivity index (χ3v) is 4.82. The average Bonchev–Trinajstić information content (AvgIpc) is 2.63. The highest BCUT2D eigenvalue weighted by molar-refractivity contribution is 7.78. The van der Waals surface area contributed by atoms with Crippen molar-refractivity contribution in [2.24, 2.45) is 0 Å². The van der Waals surface area contributed by atoms with E-state index >= 15 is 0 Å². The molecule has 0 aromatic heterocycles. The minimum Gasteiger partial charge on any atom is -0.497 e. The molecule has 3 nitrogen and oxygen atoms in total. The van der Waals surface area contributed by atoms with Crippen LogP contribution >= 0.6 is 23.8 Å². The molecule has 0 aliphatic carbocycles. The van der Waals surface area contributed by atoms with Gasteiger partial charge in [-0.3, -0.25) is 0 Å². The quantitative estimate of drug-likeness (QED) is 0.634. The zero-order valence-electron chi connectivity index (χ0n) is 13.4. The van der Waals surface area contributed by atoms with Crippen LogP contribution in [0.5, 0.6) is 5.75 Å². The van der Waals surface area contributed by atoms with Gasteiger partial charge < -0.3 is 15.4 Å². The van der Waals surface area contributed by atoms with Gasteiger partial charge in [-0.2, -0.15) is 0 Å². The van der Waals surface area contributed by atoms with Crippen molar-refractivity contribution < 1.29 is 4.74 Å². The van der Waals surface area contributed by atoms with Gasteiger partial charge in [0.05, 0.1) is 18.6 Å². The highest BCUT2D eigenvalue weighted by Crippen LogP contribution is 2.36. The summed E-state index contributed by atoms with van der Waals surface area (Å²) in [6.45, 7) is 0.845. The molecular weight excluding hydrogens is 340 g/mol. The number of benzene rings is 2. The molecule has 1 unspecified atom stereocenters. The predicted molar refractivity (Wildman–Crippen MR) is 105 cm³/mol. The van der Waals surface area contributed by atoms with E-state index in [9.17, 15) is 0 Å². The van der Waals surface area contributed by atoms with Crippen molar-refractivity contribution in [3.63, 3.8) is 0 Å². The molecule has 1 aliphatic rings. The Morgan fingerprint density at radius 2 is 2.00 bits per heavy atom. The van der Waals surface area contributed by atoms with Crippen molar-refractivity contribution in [3.05, 3.63) is 64.7 Å². The van der Waals surface area contributed by atoms with E-state index in [4.69, 9.17) is 34.3 Å². The van der Waals surface area contributed by atoms with Gasteiger partial charge in [-0.1, -0.05) is 42.0 Å². The highest BCUT2D eigenvalue weighted by atomic mass is 35.5. The Bertz CT molecular complexity index is 773. The highest BCUT2D eigenvalue weighted by Gasteiger charge is 2.23. The van der Waals surface area contributed by atoms with E-state index in [1.54, 1.807) is 12.6 Å². The molecule has 0 fully saturated rings. The summed E-state index contributed by atoms with van der Waals surface area (Å²) in [6, 6.07) is 13.7. The van der Waals surface area contributed by atoms with Crippen molar-refractivity contribution in [1.82, 2.24) is 4.90 Å². The maximum Gasteiger partial charge on any atom is 0.118 e. The Kier molecular flexibility index (Phi) is 5.07. The number of thiocarbonyl (C=S) groups is 1. The molecule has 5 heteroatoms. The number of hydrogen-bond donors (Lipinski definition) is 1. The van der Waals surface area contributed by atoms with Gasteiger partial charge in [0.25, 0.3) is 0 Å². The molecular formula is C19H19ClN2OS. The number of ether oxygens (including phenoxy) is 1. The first-order chi connectivity index (χ1) is 11.6. The molecule has 24 heavy (non-hydrogen) atoms. The second kappa shape index (κ2) is 7.24. The Hall–Kier alpha value is -2.04. The smallest absolute Gasteiger partial charge is 0.118 e. The van der Waals surface area contributed by atoms with Crippen LogP contribution in [0.4, 0.5) is 5.69 Å². The molecule has 1 atom stereocenters. The number of methoxy groups -OCH3 is 1. The fraction of sp³-hybridized carbons (Fsp3) is 0.211. The van der Waals surface area contributed by atoms with Gasteiger partial charge in [-0.15, -0.1) is 0 Å². The van der Waals surface area contributed by atoms with E-state index < -0.39 is 0 Å². The molecule has 0 bridgehead atoms. The zero-order valence-corrected chi connectivity index (χ0v) is 15.0. The minimum absolute atomic E-state index is 0.0792. The third kappa shape index (κ3) is 3.40. The molecule has 0 spiro atoms. The molecule has 0 saturated heterocycles. The Labute approximate surface area is 152 Å². The van der Waals surface area contributed by atoms with Gasteiger partial charge in [0.15, 0.2) is 0 Å². The Morgan fingerprint density at radius 1 is 1.25 bits per heavy atom. The fourth-order valence-electron chi connectivity index (χ4n) is 3.00. The zero-order chi connectivity index (χ0) is 17.1. The molecule has 124 valence electrons. The predicted octanol–water partition coefficient (Wildman–Crippen LogP) is 4.72. The summed E-state index contributed by atoms with van der Waals surface area (Å²) in [5, 5.41) is 0.693. The van der Waals surface area contributed by atoms with Crippen molar-refractivity contribution in [1.29, 1.82) is 0 Å². The lowest BCUT2D eigenvalue weighted by atomic mass is 9.92. The summed E-state index contributed by atoms with van der Waals surface area (Å²) in [5.74, 6) is 0.840. The molecule has 0 radical (unpaired) electrons. The summed E-state index contributed by atoms with van der Waals surface area (Å²) < 4.78 is 5.24. The molecule has 2 N–H and O–H groups in total. The lowest BCUT2D eigenvalue weighted by Crippen LogP contribution is -2.30. The van der Waals surface area contributed by atoms with E-state index in [1.807, 2.05) is 30.3 Å². The summed E-state index contributed by atoms with van der Waals surface area (Å²) in [6.07, 6.45) is 3.10. The number of hydrogen-bond acceptors (Lipinski definition) is 3. The number of halogens is 1. The van der Waals surface area contributed by atoms with E-state index in [0.717, 1.165) is 35.5 Å². The minimum atomic E-state index is 0.0792. The molecule has 3 rings (SSSR count). The normalized spacial score (nSPS) is 17.3. The Morgan fingerprint density at radius 3 is 2.67 bits per heavy atom. The monoisotopic (exact) mass is 358 g/mol. The van der Waals surface area contributed by atoms with Crippen LogP contribution in [0.1, 0.15) is 23.6 Å². The molecule has 0 saturated carbocycles. The van der Waals surface area contributed by atoms with E-state index in [0.29, 0.717) is 5.02 Å². The van der Waals surface area contributed by atoms with Gasteiger partial charge in [-0.05, 0) is 47.9 Å². The summed E-state index contributed by atoms with van der Waals surface area (Å²) in [4.78, 5) is 2.15. The van der Waals surface area contributed by atoms with Crippen LogP contribution in [0.3, 0.4) is 0 Å². The van der Waals surface area contributed by atoms with Crippen LogP contribution < -0.4 is 10.5 Å². The average molecular weight is 359 g/mol. The van der Waals surface area contributed by atoms with Crippen LogP contribution in [0.25, 0.3) is 5.57 Å². The van der Waals surface area contributed by atoms with Crippen molar-refractivity contribution in [2.75, 3.05) is 19.4 Å². The van der Waals surface area contributed by atoms with Gasteiger partial charge in [-0.25, -0.2) is 0 Å². The summed E-state index contributed by atoms with van der Waals surface area (Å²) in [7, 11) is 1.67. The van der Waals surface area contributed by atoms with Crippen molar-refractivity contribution >= 4 is 40.6 Å². The maximum absolute atomic E-state index is 6.15. The number of nitrogens with two attached hydrogens (primary N) is 1. The van der Waals surface area contributed by atoms with Gasteiger partial charge in [0.2, 0.25) is 0 Å². The molecule has 2 aromatic carbocycles. The van der Waals surface area contributed by atoms with Crippen LogP contribution in [-0.2, 0) is 0 Å². The fourth-order valence-corrected chi connectivity index (χ4v) is 3.41. The lowest BCUT2D eigenvalue weighted by molar-refractivity contribution is 0.376.